The van der Waals surface area contributed by atoms with E-state index < -0.39 is 11.0 Å². The minimum atomic E-state index is -0.526. The minimum Gasteiger partial charge on any atom is -0.497 e. The van der Waals surface area contributed by atoms with Crippen molar-refractivity contribution in [2.24, 2.45) is 5.41 Å². The van der Waals surface area contributed by atoms with Crippen LogP contribution < -0.4 is 9.47 Å². The van der Waals surface area contributed by atoms with Crippen LogP contribution in [0.4, 0.5) is 4.79 Å². The molecule has 2 aromatic rings. The molecule has 1 spiro atoms. The molecule has 1 amide bonds. The molecule has 0 bridgehead atoms. The van der Waals surface area contributed by atoms with Crippen LogP contribution in [0.25, 0.3) is 0 Å². The number of ether oxygens (including phenoxy) is 3. The van der Waals surface area contributed by atoms with E-state index in [2.05, 4.69) is 0 Å². The Labute approximate surface area is 189 Å². The van der Waals surface area contributed by atoms with Crippen LogP contribution in [-0.2, 0) is 17.8 Å². The van der Waals surface area contributed by atoms with Crippen molar-refractivity contribution in [3.63, 3.8) is 0 Å². The summed E-state index contributed by atoms with van der Waals surface area (Å²) >= 11 is 0. The molecule has 1 saturated heterocycles. The molecule has 0 aromatic heterocycles. The monoisotopic (exact) mass is 437 g/mol. The average Bonchev–Trinajstić information content (AvgIpc) is 3.04. The van der Waals surface area contributed by atoms with Crippen LogP contribution in [-0.4, -0.2) is 42.6 Å². The lowest BCUT2D eigenvalue weighted by molar-refractivity contribution is 0.0113. The summed E-state index contributed by atoms with van der Waals surface area (Å²) in [4.78, 5) is 27.5. The van der Waals surface area contributed by atoms with Gasteiger partial charge in [0.05, 0.1) is 7.11 Å². The maximum Gasteiger partial charge on any atom is 0.410 e. The van der Waals surface area contributed by atoms with Gasteiger partial charge in [0, 0.05) is 29.6 Å². The lowest BCUT2D eigenvalue weighted by atomic mass is 9.75. The molecule has 2 aliphatic rings. The van der Waals surface area contributed by atoms with Crippen LogP contribution in [0, 0.1) is 5.41 Å². The number of ketones is 1. The molecule has 170 valence electrons. The van der Waals surface area contributed by atoms with Crippen LogP contribution in [0.2, 0.25) is 0 Å². The number of Topliss-reactive ketones (excluding diaryl/α,β-unsaturated/α-hetero) is 1. The number of hydrogen-bond acceptors (Lipinski definition) is 5. The first-order chi connectivity index (χ1) is 15.2. The van der Waals surface area contributed by atoms with Gasteiger partial charge < -0.3 is 19.1 Å². The Hall–Kier alpha value is -3.02. The molecule has 0 radical (unpaired) electrons. The Kier molecular flexibility index (Phi) is 5.89. The maximum atomic E-state index is 13.4. The molecule has 6 nitrogen and oxygen atoms in total. The van der Waals surface area contributed by atoms with E-state index in [1.54, 1.807) is 12.0 Å². The van der Waals surface area contributed by atoms with E-state index >= 15 is 0 Å². The summed E-state index contributed by atoms with van der Waals surface area (Å²) in [6.07, 6.45) is 1.62. The third-order valence-electron chi connectivity index (χ3n) is 6.30. The predicted octanol–water partition coefficient (Wildman–Crippen LogP) is 5.03. The molecule has 0 unspecified atom stereocenters. The highest BCUT2D eigenvalue weighted by atomic mass is 16.6. The van der Waals surface area contributed by atoms with Crippen molar-refractivity contribution in [1.82, 2.24) is 4.90 Å². The summed E-state index contributed by atoms with van der Waals surface area (Å²) in [7, 11) is 1.64. The van der Waals surface area contributed by atoms with Crippen LogP contribution in [0.1, 0.15) is 55.1 Å². The highest BCUT2D eigenvalue weighted by Gasteiger charge is 2.48. The molecule has 0 saturated carbocycles. The molecule has 2 aromatic carbocycles. The molecular weight excluding hydrogens is 406 g/mol. The highest BCUT2D eigenvalue weighted by molar-refractivity contribution is 6.05. The second kappa shape index (κ2) is 8.49. The molecule has 0 atom stereocenters. The molecule has 0 N–H and O–H groups in total. The van der Waals surface area contributed by atoms with Crippen LogP contribution in [0.5, 0.6) is 11.5 Å². The Bertz CT molecular complexity index is 998. The van der Waals surface area contributed by atoms with E-state index in [0.717, 1.165) is 28.2 Å². The number of piperidine rings is 1. The summed E-state index contributed by atoms with van der Waals surface area (Å²) in [5, 5.41) is 0. The highest BCUT2D eigenvalue weighted by Crippen LogP contribution is 2.47. The van der Waals surface area contributed by atoms with E-state index in [1.165, 1.54) is 0 Å². The Morgan fingerprint density at radius 3 is 2.38 bits per heavy atom. The first-order valence-corrected chi connectivity index (χ1v) is 11.1. The number of hydrogen-bond donors (Lipinski definition) is 0. The van der Waals surface area contributed by atoms with E-state index in [-0.39, 0.29) is 11.9 Å². The van der Waals surface area contributed by atoms with Gasteiger partial charge in [-0.05, 0) is 63.8 Å². The van der Waals surface area contributed by atoms with E-state index in [4.69, 9.17) is 14.2 Å². The van der Waals surface area contributed by atoms with Crippen molar-refractivity contribution in [3.05, 3.63) is 59.2 Å². The van der Waals surface area contributed by atoms with Gasteiger partial charge >= 0.3 is 6.09 Å². The number of carbonyl (C=O) groups is 2. The molecule has 6 heteroatoms. The molecule has 32 heavy (non-hydrogen) atoms. The Balaban J connectivity index is 1.44. The van der Waals surface area contributed by atoms with Crippen LogP contribution >= 0.6 is 0 Å². The number of rotatable bonds is 4. The lowest BCUT2D eigenvalue weighted by Crippen LogP contribution is -2.47. The van der Waals surface area contributed by atoms with Gasteiger partial charge in [-0.25, -0.2) is 4.79 Å². The Morgan fingerprint density at radius 2 is 1.75 bits per heavy atom. The first-order valence-electron chi connectivity index (χ1n) is 11.1. The molecule has 1 aliphatic heterocycles. The van der Waals surface area contributed by atoms with E-state index in [9.17, 15) is 9.59 Å². The average molecular weight is 438 g/mol. The topological polar surface area (TPSA) is 65.1 Å². The first kappa shape index (κ1) is 22.2. The summed E-state index contributed by atoms with van der Waals surface area (Å²) in [6, 6.07) is 13.5. The number of carbonyl (C=O) groups excluding carboxylic acids is 2. The fraction of sp³-hybridized carbons (Fsp3) is 0.462. The van der Waals surface area contributed by atoms with Gasteiger partial charge in [-0.15, -0.1) is 0 Å². The third kappa shape index (κ3) is 4.45. The number of fused-ring (bicyclic) bond motifs is 1. The largest absolute Gasteiger partial charge is 0.497 e. The fourth-order valence-corrected chi connectivity index (χ4v) is 4.53. The zero-order chi connectivity index (χ0) is 22.9. The van der Waals surface area contributed by atoms with E-state index in [0.29, 0.717) is 39.0 Å². The molecular formula is C26H31NO5. The van der Waals surface area contributed by atoms with Gasteiger partial charge in [-0.3, -0.25) is 4.79 Å². The summed E-state index contributed by atoms with van der Waals surface area (Å²) in [6.45, 7) is 7.06. The number of likely N-dealkylation sites (tertiary alicyclic amines) is 1. The molecule has 1 aliphatic carbocycles. The molecule has 4 rings (SSSR count). The normalized spacial score (nSPS) is 17.2. The van der Waals surface area contributed by atoms with Crippen molar-refractivity contribution in [2.45, 2.75) is 52.2 Å². The summed E-state index contributed by atoms with van der Waals surface area (Å²) in [5.41, 5.74) is 1.79. The number of nitrogens with zero attached hydrogens (tertiary/aromatic N) is 1. The third-order valence-corrected chi connectivity index (χ3v) is 6.30. The summed E-state index contributed by atoms with van der Waals surface area (Å²) < 4.78 is 16.8. The van der Waals surface area contributed by atoms with Gasteiger partial charge in [-0.2, -0.15) is 0 Å². The maximum absolute atomic E-state index is 13.4. The van der Waals surface area contributed by atoms with Crippen molar-refractivity contribution in [2.75, 3.05) is 20.2 Å². The SMILES string of the molecule is COc1ccc(COc2cccc3c2CC2(CCN(C(=O)OC(C)(C)C)CC2)C3=O)cc1. The quantitative estimate of drug-likeness (QED) is 0.671. The van der Waals surface area contributed by atoms with Gasteiger partial charge in [0.15, 0.2) is 5.78 Å². The van der Waals surface area contributed by atoms with Crippen molar-refractivity contribution in [1.29, 1.82) is 0 Å². The number of methoxy groups -OCH3 is 1. The summed E-state index contributed by atoms with van der Waals surface area (Å²) in [5.74, 6) is 1.74. The van der Waals surface area contributed by atoms with Gasteiger partial charge in [0.1, 0.15) is 23.7 Å². The lowest BCUT2D eigenvalue weighted by Gasteiger charge is -2.38. The zero-order valence-corrected chi connectivity index (χ0v) is 19.3. The van der Waals surface area contributed by atoms with Crippen LogP contribution in [0.15, 0.2) is 42.5 Å². The van der Waals surface area contributed by atoms with Crippen LogP contribution in [0.3, 0.4) is 0 Å². The second-order valence-corrected chi connectivity index (χ2v) is 9.67. The number of amides is 1. The van der Waals surface area contributed by atoms with Gasteiger partial charge in [-0.1, -0.05) is 24.3 Å². The van der Waals surface area contributed by atoms with Crippen molar-refractivity contribution in [3.8, 4) is 11.5 Å². The standard InChI is InChI=1S/C26H31NO5/c1-25(2,3)32-24(29)27-14-12-26(13-15-27)16-21-20(23(26)28)6-5-7-22(21)31-17-18-8-10-19(30-4)11-9-18/h5-11H,12-17H2,1-4H3. The minimum absolute atomic E-state index is 0.172. The number of benzene rings is 2. The predicted molar refractivity (Wildman–Crippen MR) is 121 cm³/mol. The van der Waals surface area contributed by atoms with Gasteiger partial charge in [0.2, 0.25) is 0 Å². The Morgan fingerprint density at radius 1 is 1.06 bits per heavy atom. The second-order valence-electron chi connectivity index (χ2n) is 9.67. The van der Waals surface area contributed by atoms with Crippen molar-refractivity contribution >= 4 is 11.9 Å². The van der Waals surface area contributed by atoms with E-state index in [1.807, 2.05) is 63.2 Å². The molecule has 1 fully saturated rings. The molecule has 1 heterocycles. The smallest absolute Gasteiger partial charge is 0.410 e. The van der Waals surface area contributed by atoms with Crippen molar-refractivity contribution < 1.29 is 23.8 Å². The van der Waals surface area contributed by atoms with Gasteiger partial charge in [0.25, 0.3) is 0 Å². The zero-order valence-electron chi connectivity index (χ0n) is 19.3. The fourth-order valence-electron chi connectivity index (χ4n) is 4.53.